The number of halogens is 1. The van der Waals surface area contributed by atoms with E-state index in [4.69, 9.17) is 0 Å². The molecule has 0 aliphatic heterocycles. The second-order valence-electron chi connectivity index (χ2n) is 3.66. The Morgan fingerprint density at radius 1 is 1.38 bits per heavy atom. The molecule has 0 aliphatic carbocycles. The highest BCUT2D eigenvalue weighted by molar-refractivity contribution is 6.08. The molecule has 0 atom stereocenters. The van der Waals surface area contributed by atoms with Crippen LogP contribution in [0.3, 0.4) is 0 Å². The van der Waals surface area contributed by atoms with Gasteiger partial charge in [0.25, 0.3) is 0 Å². The fraction of sp³-hybridized carbons (Fsp3) is 0.167. The molecular weight excluding hydrogens is 207 g/mol. The maximum Gasteiger partial charge on any atom is 0.213 e. The molecule has 82 valence electrons. The lowest BCUT2D eigenvalue weighted by Gasteiger charge is -2.02. The molecular formula is C12H11FN2O. The second kappa shape index (κ2) is 3.89. The van der Waals surface area contributed by atoms with Gasteiger partial charge in [-0.15, -0.1) is 0 Å². The zero-order chi connectivity index (χ0) is 11.7. The zero-order valence-corrected chi connectivity index (χ0v) is 9.07. The van der Waals surface area contributed by atoms with Gasteiger partial charge in [0.1, 0.15) is 11.5 Å². The van der Waals surface area contributed by atoms with Crippen molar-refractivity contribution >= 4 is 5.78 Å². The van der Waals surface area contributed by atoms with E-state index >= 15 is 0 Å². The molecule has 3 nitrogen and oxygen atoms in total. The molecule has 0 saturated carbocycles. The average Bonchev–Trinajstić information content (AvgIpc) is 2.64. The van der Waals surface area contributed by atoms with Gasteiger partial charge in [-0.2, -0.15) is 5.10 Å². The Kier molecular flexibility index (Phi) is 2.56. The first-order chi connectivity index (χ1) is 7.58. The van der Waals surface area contributed by atoms with Crippen LogP contribution in [0.15, 0.2) is 30.5 Å². The standard InChI is InChI=1S/C12H11FN2O/c1-8-7-9(13)3-4-10(8)12(16)11-5-6-15(2)14-11/h3-7H,1-2H3. The van der Waals surface area contributed by atoms with E-state index in [-0.39, 0.29) is 11.6 Å². The van der Waals surface area contributed by atoms with E-state index in [2.05, 4.69) is 5.10 Å². The molecule has 2 aromatic rings. The highest BCUT2D eigenvalue weighted by Crippen LogP contribution is 2.14. The minimum Gasteiger partial charge on any atom is -0.287 e. The molecule has 2 rings (SSSR count). The van der Waals surface area contributed by atoms with Crippen LogP contribution < -0.4 is 0 Å². The van der Waals surface area contributed by atoms with Crippen LogP contribution in [0.5, 0.6) is 0 Å². The van der Waals surface area contributed by atoms with Crippen molar-refractivity contribution in [1.82, 2.24) is 9.78 Å². The van der Waals surface area contributed by atoms with Crippen LogP contribution in [-0.4, -0.2) is 15.6 Å². The molecule has 0 N–H and O–H groups in total. The maximum atomic E-state index is 12.9. The predicted octanol–water partition coefficient (Wildman–Crippen LogP) is 2.10. The van der Waals surface area contributed by atoms with Crippen molar-refractivity contribution in [2.45, 2.75) is 6.92 Å². The fourth-order valence-electron chi connectivity index (χ4n) is 1.56. The molecule has 0 amide bonds. The summed E-state index contributed by atoms with van der Waals surface area (Å²) in [5.74, 6) is -0.520. The molecule has 0 radical (unpaired) electrons. The van der Waals surface area contributed by atoms with Gasteiger partial charge in [-0.1, -0.05) is 0 Å². The molecule has 16 heavy (non-hydrogen) atoms. The minimum absolute atomic E-state index is 0.182. The normalized spacial score (nSPS) is 10.4. The van der Waals surface area contributed by atoms with Crippen molar-refractivity contribution in [3.8, 4) is 0 Å². The van der Waals surface area contributed by atoms with Gasteiger partial charge >= 0.3 is 0 Å². The number of hydrogen-bond donors (Lipinski definition) is 0. The number of aromatic nitrogens is 2. The summed E-state index contributed by atoms with van der Waals surface area (Å²) in [5, 5.41) is 4.02. The summed E-state index contributed by atoms with van der Waals surface area (Å²) in [4.78, 5) is 12.0. The summed E-state index contributed by atoms with van der Waals surface area (Å²) >= 11 is 0. The quantitative estimate of drug-likeness (QED) is 0.723. The van der Waals surface area contributed by atoms with Crippen LogP contribution in [0, 0.1) is 12.7 Å². The van der Waals surface area contributed by atoms with Gasteiger partial charge in [-0.05, 0) is 36.8 Å². The molecule has 0 spiro atoms. The average molecular weight is 218 g/mol. The Bertz CT molecular complexity index is 546. The number of benzene rings is 1. The van der Waals surface area contributed by atoms with Crippen molar-refractivity contribution in [2.75, 3.05) is 0 Å². The number of rotatable bonds is 2. The van der Waals surface area contributed by atoms with Gasteiger partial charge in [-0.3, -0.25) is 9.48 Å². The van der Waals surface area contributed by atoms with Crippen LogP contribution in [0.1, 0.15) is 21.6 Å². The maximum absolute atomic E-state index is 12.9. The summed E-state index contributed by atoms with van der Waals surface area (Å²) < 4.78 is 14.4. The molecule has 1 heterocycles. The number of carbonyl (C=O) groups excluding carboxylic acids is 1. The topological polar surface area (TPSA) is 34.9 Å². The van der Waals surface area contributed by atoms with E-state index in [0.717, 1.165) is 0 Å². The molecule has 4 heteroatoms. The second-order valence-corrected chi connectivity index (χ2v) is 3.66. The first kappa shape index (κ1) is 10.5. The van der Waals surface area contributed by atoms with E-state index in [1.807, 2.05) is 0 Å². The van der Waals surface area contributed by atoms with Crippen molar-refractivity contribution in [1.29, 1.82) is 0 Å². The first-order valence-electron chi connectivity index (χ1n) is 4.88. The summed E-state index contributed by atoms with van der Waals surface area (Å²) in [6, 6.07) is 5.76. The lowest BCUT2D eigenvalue weighted by Crippen LogP contribution is -2.05. The lowest BCUT2D eigenvalue weighted by molar-refractivity contribution is 0.103. The summed E-state index contributed by atoms with van der Waals surface area (Å²) in [5.41, 5.74) is 1.48. The third-order valence-electron chi connectivity index (χ3n) is 2.38. The highest BCUT2D eigenvalue weighted by Gasteiger charge is 2.14. The van der Waals surface area contributed by atoms with Crippen molar-refractivity contribution in [2.24, 2.45) is 7.05 Å². The Hall–Kier alpha value is -1.97. The van der Waals surface area contributed by atoms with Crippen molar-refractivity contribution in [3.05, 3.63) is 53.1 Å². The van der Waals surface area contributed by atoms with Crippen LogP contribution in [-0.2, 0) is 7.05 Å². The highest BCUT2D eigenvalue weighted by atomic mass is 19.1. The molecule has 1 aromatic carbocycles. The van der Waals surface area contributed by atoms with Crippen LogP contribution in [0.4, 0.5) is 4.39 Å². The third-order valence-corrected chi connectivity index (χ3v) is 2.38. The molecule has 0 bridgehead atoms. The van der Waals surface area contributed by atoms with Gasteiger partial charge in [0.05, 0.1) is 0 Å². The van der Waals surface area contributed by atoms with Gasteiger partial charge in [0.2, 0.25) is 5.78 Å². The Morgan fingerprint density at radius 3 is 2.69 bits per heavy atom. The summed E-state index contributed by atoms with van der Waals surface area (Å²) in [6.07, 6.45) is 1.70. The fourth-order valence-corrected chi connectivity index (χ4v) is 1.56. The van der Waals surface area contributed by atoms with Crippen LogP contribution in [0.2, 0.25) is 0 Å². The van der Waals surface area contributed by atoms with E-state index in [0.29, 0.717) is 16.8 Å². The Morgan fingerprint density at radius 2 is 2.12 bits per heavy atom. The largest absolute Gasteiger partial charge is 0.287 e. The monoisotopic (exact) mass is 218 g/mol. The van der Waals surface area contributed by atoms with E-state index < -0.39 is 0 Å². The molecule has 0 unspecified atom stereocenters. The van der Waals surface area contributed by atoms with Gasteiger partial charge in [0.15, 0.2) is 0 Å². The molecule has 0 saturated heterocycles. The Balaban J connectivity index is 2.41. The summed E-state index contributed by atoms with van der Waals surface area (Å²) in [6.45, 7) is 1.71. The van der Waals surface area contributed by atoms with Gasteiger partial charge in [0, 0.05) is 18.8 Å². The number of aryl methyl sites for hydroxylation is 2. The predicted molar refractivity (Wildman–Crippen MR) is 57.8 cm³/mol. The zero-order valence-electron chi connectivity index (χ0n) is 9.07. The number of nitrogens with zero attached hydrogens (tertiary/aromatic N) is 2. The van der Waals surface area contributed by atoms with E-state index in [9.17, 15) is 9.18 Å². The third kappa shape index (κ3) is 1.86. The lowest BCUT2D eigenvalue weighted by atomic mass is 10.0. The summed E-state index contributed by atoms with van der Waals surface area (Å²) in [7, 11) is 1.74. The van der Waals surface area contributed by atoms with E-state index in [1.165, 1.54) is 18.2 Å². The Labute approximate surface area is 92.5 Å². The molecule has 0 aliphatic rings. The smallest absolute Gasteiger partial charge is 0.213 e. The minimum atomic E-state index is -0.338. The number of hydrogen-bond acceptors (Lipinski definition) is 2. The van der Waals surface area contributed by atoms with Crippen LogP contribution in [0.25, 0.3) is 0 Å². The van der Waals surface area contributed by atoms with E-state index in [1.54, 1.807) is 30.9 Å². The SMILES string of the molecule is Cc1cc(F)ccc1C(=O)c1ccn(C)n1. The van der Waals surface area contributed by atoms with Gasteiger partial charge in [-0.25, -0.2) is 4.39 Å². The first-order valence-corrected chi connectivity index (χ1v) is 4.88. The van der Waals surface area contributed by atoms with Crippen molar-refractivity contribution < 1.29 is 9.18 Å². The van der Waals surface area contributed by atoms with Crippen molar-refractivity contribution in [3.63, 3.8) is 0 Å². The van der Waals surface area contributed by atoms with Gasteiger partial charge < -0.3 is 0 Å². The molecule has 1 aromatic heterocycles. The number of carbonyl (C=O) groups is 1. The van der Waals surface area contributed by atoms with Crippen LogP contribution >= 0.6 is 0 Å². The number of ketones is 1. The molecule has 0 fully saturated rings.